The van der Waals surface area contributed by atoms with Gasteiger partial charge < -0.3 is 38.5 Å². The molecule has 12 nitrogen and oxygen atoms in total. The molecule has 4 aromatic rings. The van der Waals surface area contributed by atoms with Crippen molar-refractivity contribution >= 4 is 15.5 Å². The highest BCUT2D eigenvalue weighted by Gasteiger charge is 2.33. The maximum absolute atomic E-state index is 13.9. The van der Waals surface area contributed by atoms with Gasteiger partial charge in [0.1, 0.15) is 0 Å². The van der Waals surface area contributed by atoms with E-state index in [2.05, 4.69) is 10.2 Å². The maximum Gasteiger partial charge on any atom is 0.513 e. The zero-order valence-electron chi connectivity index (χ0n) is 24.5. The summed E-state index contributed by atoms with van der Waals surface area (Å²) in [5.41, 5.74) is 2.83. The van der Waals surface area contributed by atoms with Crippen LogP contribution in [0.5, 0.6) is 46.0 Å². The van der Waals surface area contributed by atoms with Gasteiger partial charge in [-0.25, -0.2) is 9.13 Å². The van der Waals surface area contributed by atoms with Crippen LogP contribution in [0.2, 0.25) is 0 Å². The molecule has 0 aromatic heterocycles. The summed E-state index contributed by atoms with van der Waals surface area (Å²) in [4.78, 5) is 0. The molecule has 234 valence electrons. The summed E-state index contributed by atoms with van der Waals surface area (Å²) in [6.07, 6.45) is 0. The molecule has 0 aliphatic heterocycles. The van der Waals surface area contributed by atoms with Crippen LogP contribution in [0.15, 0.2) is 72.8 Å². The third kappa shape index (κ3) is 8.61. The van der Waals surface area contributed by atoms with Gasteiger partial charge >= 0.3 is 15.5 Å². The molecule has 0 aliphatic carbocycles. The zero-order chi connectivity index (χ0) is 32.1. The monoisotopic (exact) mass is 644 g/mol. The van der Waals surface area contributed by atoms with E-state index in [4.69, 9.17) is 18.1 Å². The standard InChI is InChI=1S/C30H34N2O10P2/c1-19-5-9-23(33)27(15-19)39-43(37,40-28-16-20(2)6-10-24(28)34)31-13-14-32-44(38,41-29-17-21(3)7-11-25(29)35)42-30-18-22(4)8-12-26(30)36/h5-12,15-18,33-36H,13-14H2,1-4H3,(H,31,37)(H,32,38). The smallest absolute Gasteiger partial charge is 0.504 e. The molecule has 0 bridgehead atoms. The lowest BCUT2D eigenvalue weighted by atomic mass is 10.2. The molecule has 0 atom stereocenters. The molecule has 0 amide bonds. The molecule has 6 N–H and O–H groups in total. The molecule has 14 heteroatoms. The molecule has 0 heterocycles. The second-order valence-electron chi connectivity index (χ2n) is 10.1. The highest BCUT2D eigenvalue weighted by atomic mass is 31.2. The van der Waals surface area contributed by atoms with E-state index in [1.807, 2.05) is 0 Å². The van der Waals surface area contributed by atoms with Gasteiger partial charge in [0.15, 0.2) is 46.0 Å². The maximum atomic E-state index is 13.9. The van der Waals surface area contributed by atoms with Crippen LogP contribution < -0.4 is 28.3 Å². The number of phenolic OH excluding ortho intramolecular Hbond substituents is 4. The fourth-order valence-electron chi connectivity index (χ4n) is 3.85. The van der Waals surface area contributed by atoms with E-state index in [1.54, 1.807) is 52.0 Å². The summed E-state index contributed by atoms with van der Waals surface area (Å²) < 4.78 is 50.4. The summed E-state index contributed by atoms with van der Waals surface area (Å²) in [5, 5.41) is 46.5. The predicted molar refractivity (Wildman–Crippen MR) is 165 cm³/mol. The van der Waals surface area contributed by atoms with Crippen LogP contribution in [0.1, 0.15) is 22.3 Å². The van der Waals surface area contributed by atoms with Gasteiger partial charge in [0.25, 0.3) is 0 Å². The number of hydrogen-bond donors (Lipinski definition) is 6. The van der Waals surface area contributed by atoms with Gasteiger partial charge in [-0.05, 0) is 98.5 Å². The summed E-state index contributed by atoms with van der Waals surface area (Å²) in [5.74, 6) is -1.73. The van der Waals surface area contributed by atoms with Gasteiger partial charge in [0, 0.05) is 13.1 Å². The van der Waals surface area contributed by atoms with E-state index < -0.39 is 15.5 Å². The first kappa shape index (κ1) is 32.6. The molecule has 0 saturated carbocycles. The van der Waals surface area contributed by atoms with Crippen LogP contribution >= 0.6 is 15.5 Å². The van der Waals surface area contributed by atoms with Crippen molar-refractivity contribution in [2.45, 2.75) is 27.7 Å². The third-order valence-corrected chi connectivity index (χ3v) is 9.04. The summed E-state index contributed by atoms with van der Waals surface area (Å²) in [6.45, 7) is 6.53. The Morgan fingerprint density at radius 2 is 0.705 bits per heavy atom. The number of nitrogens with one attached hydrogen (secondary N) is 2. The van der Waals surface area contributed by atoms with Crippen LogP contribution in [0.4, 0.5) is 0 Å². The molecular formula is C30H34N2O10P2. The summed E-state index contributed by atoms with van der Waals surface area (Å²) >= 11 is 0. The van der Waals surface area contributed by atoms with Crippen molar-refractivity contribution in [2.24, 2.45) is 0 Å². The van der Waals surface area contributed by atoms with Gasteiger partial charge in [-0.1, -0.05) is 24.3 Å². The first-order valence-electron chi connectivity index (χ1n) is 13.4. The lowest BCUT2D eigenvalue weighted by Gasteiger charge is -2.23. The Kier molecular flexibility index (Phi) is 10.0. The Balaban J connectivity index is 1.57. The van der Waals surface area contributed by atoms with Gasteiger partial charge in [-0.2, -0.15) is 10.2 Å². The summed E-state index contributed by atoms with van der Waals surface area (Å²) in [6, 6.07) is 17.8. The Hall–Kier alpha value is -4.34. The van der Waals surface area contributed by atoms with Crippen molar-refractivity contribution < 1.29 is 47.7 Å². The van der Waals surface area contributed by atoms with Gasteiger partial charge in [-0.15, -0.1) is 0 Å². The molecular weight excluding hydrogens is 610 g/mol. The molecule has 4 rings (SSSR count). The average molecular weight is 645 g/mol. The second-order valence-corrected chi connectivity index (χ2v) is 13.4. The summed E-state index contributed by atoms with van der Waals surface area (Å²) in [7, 11) is -8.72. The highest BCUT2D eigenvalue weighted by Crippen LogP contribution is 2.51. The van der Waals surface area contributed by atoms with E-state index in [9.17, 15) is 29.6 Å². The molecule has 0 radical (unpaired) electrons. The van der Waals surface area contributed by atoms with Crippen molar-refractivity contribution in [3.63, 3.8) is 0 Å². The lowest BCUT2D eigenvalue weighted by molar-refractivity contribution is 0.341. The predicted octanol–water partition coefficient (Wildman–Crippen LogP) is 6.75. The van der Waals surface area contributed by atoms with E-state index in [1.165, 1.54) is 48.5 Å². The Labute approximate surface area is 255 Å². The van der Waals surface area contributed by atoms with Crippen LogP contribution in [-0.2, 0) is 9.13 Å². The number of rotatable bonds is 13. The van der Waals surface area contributed by atoms with Crippen LogP contribution in [0.3, 0.4) is 0 Å². The van der Waals surface area contributed by atoms with E-state index >= 15 is 0 Å². The minimum absolute atomic E-state index is 0.136. The molecule has 0 spiro atoms. The molecule has 0 aliphatic rings. The molecule has 0 unspecified atom stereocenters. The average Bonchev–Trinajstić information content (AvgIpc) is 2.95. The quantitative estimate of drug-likeness (QED) is 0.0668. The number of aryl methyl sites for hydroxylation is 4. The van der Waals surface area contributed by atoms with Crippen LogP contribution in [0, 0.1) is 27.7 Å². The Bertz CT molecular complexity index is 1510. The SMILES string of the molecule is Cc1ccc(O)c(OP(=O)(NCCNP(=O)(Oc2cc(C)ccc2O)Oc2cc(C)ccc2O)Oc2cc(C)ccc2O)c1. The number of aromatic hydroxyl groups is 4. The molecule has 4 aromatic carbocycles. The number of phenols is 4. The first-order chi connectivity index (χ1) is 20.7. The van der Waals surface area contributed by atoms with Gasteiger partial charge in [0.2, 0.25) is 0 Å². The van der Waals surface area contributed by atoms with Crippen molar-refractivity contribution in [3.05, 3.63) is 95.1 Å². The van der Waals surface area contributed by atoms with Crippen LogP contribution in [-0.4, -0.2) is 33.5 Å². The van der Waals surface area contributed by atoms with E-state index in [0.717, 1.165) is 0 Å². The van der Waals surface area contributed by atoms with Crippen molar-refractivity contribution in [1.82, 2.24) is 10.2 Å². The minimum Gasteiger partial charge on any atom is -0.504 e. The normalized spacial score (nSPS) is 11.6. The largest absolute Gasteiger partial charge is 0.513 e. The van der Waals surface area contributed by atoms with Gasteiger partial charge in [-0.3, -0.25) is 0 Å². The van der Waals surface area contributed by atoms with Crippen LogP contribution in [0.25, 0.3) is 0 Å². The van der Waals surface area contributed by atoms with Gasteiger partial charge in [0.05, 0.1) is 0 Å². The zero-order valence-corrected chi connectivity index (χ0v) is 26.3. The number of benzene rings is 4. The second kappa shape index (κ2) is 13.5. The van der Waals surface area contributed by atoms with Crippen molar-refractivity contribution in [3.8, 4) is 46.0 Å². The molecule has 0 fully saturated rings. The lowest BCUT2D eigenvalue weighted by Crippen LogP contribution is -2.29. The third-order valence-electron chi connectivity index (χ3n) is 6.07. The van der Waals surface area contributed by atoms with E-state index in [0.29, 0.717) is 22.3 Å². The topological polar surface area (TPSA) is 176 Å². The highest BCUT2D eigenvalue weighted by molar-refractivity contribution is 7.53. The van der Waals surface area contributed by atoms with Crippen molar-refractivity contribution in [2.75, 3.05) is 13.1 Å². The molecule has 44 heavy (non-hydrogen) atoms. The fourth-order valence-corrected chi connectivity index (χ4v) is 6.57. The van der Waals surface area contributed by atoms with Crippen molar-refractivity contribution in [1.29, 1.82) is 0 Å². The Morgan fingerprint density at radius 3 is 0.932 bits per heavy atom. The molecule has 0 saturated heterocycles. The fraction of sp³-hybridized carbons (Fsp3) is 0.200. The number of hydrogen-bond acceptors (Lipinski definition) is 10. The first-order valence-corrected chi connectivity index (χ1v) is 16.5. The minimum atomic E-state index is -4.36. The Morgan fingerprint density at radius 1 is 0.477 bits per heavy atom. The van der Waals surface area contributed by atoms with E-state index in [-0.39, 0.29) is 59.1 Å².